The van der Waals surface area contributed by atoms with E-state index in [2.05, 4.69) is 10.1 Å². The number of H-pyrrole nitrogens is 1. The van der Waals surface area contributed by atoms with Crippen LogP contribution in [0.15, 0.2) is 29.4 Å². The Morgan fingerprint density at radius 1 is 1.29 bits per heavy atom. The van der Waals surface area contributed by atoms with E-state index in [1.165, 1.54) is 13.3 Å². The summed E-state index contributed by atoms with van der Waals surface area (Å²) in [7, 11) is 1.29. The molecule has 0 saturated carbocycles. The number of Topliss-reactive ketones (excluding diaryl/α,β-unsaturated/α-hetero) is 1. The molecule has 0 aliphatic carbocycles. The van der Waals surface area contributed by atoms with Gasteiger partial charge in [0.2, 0.25) is 5.78 Å². The molecule has 2 rings (SSSR count). The van der Waals surface area contributed by atoms with Gasteiger partial charge in [-0.05, 0) is 25.5 Å². The summed E-state index contributed by atoms with van der Waals surface area (Å²) < 4.78 is 4.71. The van der Waals surface area contributed by atoms with Gasteiger partial charge in [-0.1, -0.05) is 35.0 Å². The highest BCUT2D eigenvalue weighted by molar-refractivity contribution is 6.33. The Balaban J connectivity index is 2.03. The monoisotopic (exact) mass is 348 g/mol. The summed E-state index contributed by atoms with van der Waals surface area (Å²) in [5, 5.41) is 4.28. The van der Waals surface area contributed by atoms with Crippen LogP contribution in [0.5, 0.6) is 0 Å². The number of carbonyl (C=O) groups excluding carboxylic acids is 2. The molecule has 1 heterocycles. The topological polar surface area (TPSA) is 80.8 Å². The van der Waals surface area contributed by atoms with E-state index >= 15 is 0 Å². The fourth-order valence-electron chi connectivity index (χ4n) is 2.28. The van der Waals surface area contributed by atoms with Gasteiger partial charge in [0.1, 0.15) is 0 Å². The molecule has 7 heteroatoms. The number of halogens is 1. The molecule has 126 valence electrons. The van der Waals surface area contributed by atoms with Crippen LogP contribution in [0.4, 0.5) is 0 Å². The number of nitrogens with one attached hydrogen (secondary N) is 1. The van der Waals surface area contributed by atoms with Gasteiger partial charge in [0, 0.05) is 16.3 Å². The fraction of sp³-hybridized carbons (Fsp3) is 0.235. The standard InChI is InChI=1S/C17H17ClN2O4/c1-10-15(17(22)23-3)11(2)20-16(10)14(21)9-24-19-8-12-6-4-5-7-13(12)18/h4-8,20H,9H2,1-3H3. The predicted molar refractivity (Wildman–Crippen MR) is 90.9 cm³/mol. The third kappa shape index (κ3) is 3.83. The van der Waals surface area contributed by atoms with Crippen molar-refractivity contribution in [1.29, 1.82) is 0 Å². The molecule has 0 fully saturated rings. The Morgan fingerprint density at radius 3 is 2.67 bits per heavy atom. The number of esters is 1. The van der Waals surface area contributed by atoms with Crippen molar-refractivity contribution < 1.29 is 19.2 Å². The smallest absolute Gasteiger partial charge is 0.339 e. The van der Waals surface area contributed by atoms with Gasteiger partial charge in [0.15, 0.2) is 6.61 Å². The number of ketones is 1. The summed E-state index contributed by atoms with van der Waals surface area (Å²) in [4.78, 5) is 31.8. The Hall–Kier alpha value is -2.60. The number of hydrogen-bond acceptors (Lipinski definition) is 5. The highest BCUT2D eigenvalue weighted by Gasteiger charge is 2.22. The largest absolute Gasteiger partial charge is 0.465 e. The molecule has 0 aliphatic heterocycles. The molecular formula is C17H17ClN2O4. The lowest BCUT2D eigenvalue weighted by Crippen LogP contribution is -2.10. The zero-order valence-electron chi connectivity index (χ0n) is 13.6. The molecule has 0 saturated heterocycles. The molecule has 0 aliphatic rings. The molecule has 1 aromatic heterocycles. The van der Waals surface area contributed by atoms with Crippen LogP contribution in [0.3, 0.4) is 0 Å². The zero-order valence-corrected chi connectivity index (χ0v) is 14.3. The second kappa shape index (κ2) is 7.79. The third-order valence-corrected chi connectivity index (χ3v) is 3.82. The molecule has 0 amide bonds. The minimum atomic E-state index is -0.488. The van der Waals surface area contributed by atoms with Crippen molar-refractivity contribution in [3.63, 3.8) is 0 Å². The molecule has 0 bridgehead atoms. The Kier molecular flexibility index (Phi) is 5.76. The first-order chi connectivity index (χ1) is 11.5. The summed E-state index contributed by atoms with van der Waals surface area (Å²) in [6.07, 6.45) is 1.43. The number of benzene rings is 1. The van der Waals surface area contributed by atoms with Crippen LogP contribution in [-0.4, -0.2) is 36.7 Å². The van der Waals surface area contributed by atoms with Crippen LogP contribution < -0.4 is 0 Å². The maximum absolute atomic E-state index is 12.2. The van der Waals surface area contributed by atoms with Gasteiger partial charge < -0.3 is 14.6 Å². The van der Waals surface area contributed by atoms with E-state index in [9.17, 15) is 9.59 Å². The van der Waals surface area contributed by atoms with E-state index in [-0.39, 0.29) is 12.4 Å². The number of rotatable bonds is 6. The van der Waals surface area contributed by atoms with Crippen molar-refractivity contribution in [2.45, 2.75) is 13.8 Å². The van der Waals surface area contributed by atoms with Crippen molar-refractivity contribution in [3.05, 3.63) is 57.4 Å². The van der Waals surface area contributed by atoms with Crippen LogP contribution in [0, 0.1) is 13.8 Å². The Bertz CT molecular complexity index is 796. The van der Waals surface area contributed by atoms with Crippen LogP contribution in [0.2, 0.25) is 5.02 Å². The quantitative estimate of drug-likeness (QED) is 0.376. The van der Waals surface area contributed by atoms with E-state index in [0.717, 1.165) is 0 Å². The molecule has 6 nitrogen and oxygen atoms in total. The third-order valence-electron chi connectivity index (χ3n) is 3.47. The molecule has 0 spiro atoms. The SMILES string of the molecule is COC(=O)c1c(C)[nH]c(C(=O)CON=Cc2ccccc2Cl)c1C. The Morgan fingerprint density at radius 2 is 2.00 bits per heavy atom. The average Bonchev–Trinajstić information content (AvgIpc) is 2.87. The summed E-state index contributed by atoms with van der Waals surface area (Å²) >= 11 is 5.98. The molecule has 2 aromatic rings. The van der Waals surface area contributed by atoms with Gasteiger partial charge >= 0.3 is 5.97 Å². The normalized spacial score (nSPS) is 10.8. The van der Waals surface area contributed by atoms with Crippen molar-refractivity contribution in [1.82, 2.24) is 4.98 Å². The van der Waals surface area contributed by atoms with Crippen molar-refractivity contribution >= 4 is 29.6 Å². The van der Waals surface area contributed by atoms with Gasteiger partial charge in [0.05, 0.1) is 24.6 Å². The molecule has 1 aromatic carbocycles. The van der Waals surface area contributed by atoms with E-state index in [4.69, 9.17) is 21.2 Å². The van der Waals surface area contributed by atoms with Crippen LogP contribution in [0.25, 0.3) is 0 Å². The minimum Gasteiger partial charge on any atom is -0.465 e. The summed E-state index contributed by atoms with van der Waals surface area (Å²) in [5.74, 6) is -0.806. The van der Waals surface area contributed by atoms with Gasteiger partial charge in [0.25, 0.3) is 0 Å². The average molecular weight is 349 g/mol. The van der Waals surface area contributed by atoms with Gasteiger partial charge in [-0.25, -0.2) is 4.79 Å². The molecule has 24 heavy (non-hydrogen) atoms. The molecule has 0 unspecified atom stereocenters. The van der Waals surface area contributed by atoms with Crippen LogP contribution in [-0.2, 0) is 9.57 Å². The first-order valence-electron chi connectivity index (χ1n) is 7.16. The van der Waals surface area contributed by atoms with E-state index < -0.39 is 5.97 Å². The van der Waals surface area contributed by atoms with E-state index in [0.29, 0.717) is 33.1 Å². The van der Waals surface area contributed by atoms with Crippen molar-refractivity contribution in [2.24, 2.45) is 5.16 Å². The van der Waals surface area contributed by atoms with E-state index in [1.807, 2.05) is 6.07 Å². The number of nitrogens with zero attached hydrogens (tertiary/aromatic N) is 1. The Labute approximate surface area is 144 Å². The lowest BCUT2D eigenvalue weighted by atomic mass is 10.1. The van der Waals surface area contributed by atoms with Gasteiger partial charge in [-0.15, -0.1) is 0 Å². The predicted octanol–water partition coefficient (Wildman–Crippen LogP) is 3.30. The number of aromatic nitrogens is 1. The van der Waals surface area contributed by atoms with E-state index in [1.54, 1.807) is 32.0 Å². The minimum absolute atomic E-state index is 0.262. The van der Waals surface area contributed by atoms with Crippen molar-refractivity contribution in [2.75, 3.05) is 13.7 Å². The molecular weight excluding hydrogens is 332 g/mol. The van der Waals surface area contributed by atoms with Crippen LogP contribution in [0.1, 0.15) is 37.7 Å². The summed E-state index contributed by atoms with van der Waals surface area (Å²) in [6.45, 7) is 3.12. The first kappa shape index (κ1) is 17.7. The molecule has 0 atom stereocenters. The molecule has 1 N–H and O–H groups in total. The highest BCUT2D eigenvalue weighted by Crippen LogP contribution is 2.19. The number of hydrogen-bond donors (Lipinski definition) is 1. The van der Waals surface area contributed by atoms with Crippen molar-refractivity contribution in [3.8, 4) is 0 Å². The van der Waals surface area contributed by atoms with Gasteiger partial charge in [-0.3, -0.25) is 4.79 Å². The second-order valence-electron chi connectivity index (χ2n) is 5.07. The lowest BCUT2D eigenvalue weighted by molar-refractivity contribution is 0.0599. The number of ether oxygens (including phenoxy) is 1. The second-order valence-corrected chi connectivity index (χ2v) is 5.48. The molecule has 0 radical (unpaired) electrons. The number of methoxy groups -OCH3 is 1. The summed E-state index contributed by atoms with van der Waals surface area (Å²) in [6, 6.07) is 7.13. The maximum atomic E-state index is 12.2. The number of aromatic amines is 1. The number of oxime groups is 1. The lowest BCUT2D eigenvalue weighted by Gasteiger charge is -2.01. The summed E-state index contributed by atoms with van der Waals surface area (Å²) in [5.41, 5.74) is 2.46. The highest BCUT2D eigenvalue weighted by atomic mass is 35.5. The van der Waals surface area contributed by atoms with Crippen LogP contribution >= 0.6 is 11.6 Å². The zero-order chi connectivity index (χ0) is 17.7. The number of aryl methyl sites for hydroxylation is 1. The maximum Gasteiger partial charge on any atom is 0.339 e. The fourth-order valence-corrected chi connectivity index (χ4v) is 2.46. The number of carbonyl (C=O) groups is 2. The van der Waals surface area contributed by atoms with Gasteiger partial charge in [-0.2, -0.15) is 0 Å². The first-order valence-corrected chi connectivity index (χ1v) is 7.54.